The fraction of sp³-hybridized carbons (Fsp3) is 0.0625. The minimum absolute atomic E-state index is 0.0700. The molecular weight excluding hydrogens is 415 g/mol. The summed E-state index contributed by atoms with van der Waals surface area (Å²) >= 11 is 15.2. The fourth-order valence-corrected chi connectivity index (χ4v) is 2.68. The Bertz CT molecular complexity index is 880. The lowest BCUT2D eigenvalue weighted by Crippen LogP contribution is -2.18. The molecule has 2 aromatic heterocycles. The van der Waals surface area contributed by atoms with Crippen molar-refractivity contribution < 1.29 is 4.79 Å². The number of benzene rings is 1. The van der Waals surface area contributed by atoms with E-state index in [1.807, 2.05) is 24.3 Å². The van der Waals surface area contributed by atoms with Crippen molar-refractivity contribution in [2.24, 2.45) is 0 Å². The number of carbonyl (C=O) groups excluding carboxylic acids is 1. The molecule has 0 radical (unpaired) electrons. The van der Waals surface area contributed by atoms with Gasteiger partial charge in [-0.2, -0.15) is 5.10 Å². The van der Waals surface area contributed by atoms with Gasteiger partial charge >= 0.3 is 0 Å². The summed E-state index contributed by atoms with van der Waals surface area (Å²) in [6.45, 7) is 0.520. The molecule has 3 aromatic rings. The molecule has 1 amide bonds. The van der Waals surface area contributed by atoms with Gasteiger partial charge in [0.15, 0.2) is 0 Å². The fourth-order valence-electron chi connectivity index (χ4n) is 2.08. The molecule has 0 bridgehead atoms. The average molecular weight is 426 g/mol. The molecule has 0 spiro atoms. The SMILES string of the molecule is O=C(Nc1ccnn1Cc1ccc(Br)cc1)c1nc(Cl)ccc1Cl. The van der Waals surface area contributed by atoms with E-state index in [1.165, 1.54) is 12.1 Å². The minimum Gasteiger partial charge on any atom is -0.305 e. The second kappa shape index (κ2) is 7.34. The Morgan fingerprint density at radius 3 is 2.62 bits per heavy atom. The number of aromatic nitrogens is 3. The number of amides is 1. The third-order valence-electron chi connectivity index (χ3n) is 3.23. The Morgan fingerprint density at radius 2 is 1.88 bits per heavy atom. The first kappa shape index (κ1) is 17.0. The van der Waals surface area contributed by atoms with Crippen molar-refractivity contribution in [3.05, 3.63) is 74.6 Å². The third-order valence-corrected chi connectivity index (χ3v) is 4.27. The summed E-state index contributed by atoms with van der Waals surface area (Å²) in [4.78, 5) is 16.3. The maximum absolute atomic E-state index is 12.4. The van der Waals surface area contributed by atoms with Crippen LogP contribution in [0.1, 0.15) is 16.1 Å². The molecule has 0 aliphatic rings. The quantitative estimate of drug-likeness (QED) is 0.619. The Labute approximate surface area is 156 Å². The maximum atomic E-state index is 12.4. The summed E-state index contributed by atoms with van der Waals surface area (Å²) < 4.78 is 2.68. The molecule has 24 heavy (non-hydrogen) atoms. The van der Waals surface area contributed by atoms with Crippen LogP contribution in [0.3, 0.4) is 0 Å². The molecule has 3 rings (SSSR count). The van der Waals surface area contributed by atoms with Gasteiger partial charge in [-0.25, -0.2) is 9.67 Å². The zero-order valence-electron chi connectivity index (χ0n) is 12.2. The molecule has 0 aliphatic carbocycles. The second-order valence-electron chi connectivity index (χ2n) is 4.92. The van der Waals surface area contributed by atoms with Gasteiger partial charge in [0.25, 0.3) is 5.91 Å². The topological polar surface area (TPSA) is 59.8 Å². The van der Waals surface area contributed by atoms with Crippen LogP contribution in [0.2, 0.25) is 10.2 Å². The molecular formula is C16H11BrCl2N4O. The summed E-state index contributed by atoms with van der Waals surface area (Å²) in [6.07, 6.45) is 1.61. The number of carbonyl (C=O) groups is 1. The highest BCUT2D eigenvalue weighted by molar-refractivity contribution is 9.10. The molecule has 8 heteroatoms. The van der Waals surface area contributed by atoms with Crippen LogP contribution < -0.4 is 5.32 Å². The highest BCUT2D eigenvalue weighted by Gasteiger charge is 2.15. The van der Waals surface area contributed by atoms with Gasteiger partial charge in [0, 0.05) is 10.5 Å². The Morgan fingerprint density at radius 1 is 1.12 bits per heavy atom. The van der Waals surface area contributed by atoms with Crippen LogP contribution in [0.25, 0.3) is 0 Å². The standard InChI is InChI=1S/C16H11BrCl2N4O/c17-11-3-1-10(2-4-11)9-23-14(7-8-20-23)22-16(24)15-12(18)5-6-13(19)21-15/h1-8H,9H2,(H,22,24). The lowest BCUT2D eigenvalue weighted by Gasteiger charge is -2.10. The van der Waals surface area contributed by atoms with Gasteiger partial charge in [0.05, 0.1) is 17.8 Å². The van der Waals surface area contributed by atoms with Gasteiger partial charge in [-0.05, 0) is 29.8 Å². The van der Waals surface area contributed by atoms with E-state index in [0.717, 1.165) is 10.0 Å². The highest BCUT2D eigenvalue weighted by Crippen LogP contribution is 2.19. The number of nitrogens with one attached hydrogen (secondary N) is 1. The molecule has 1 N–H and O–H groups in total. The van der Waals surface area contributed by atoms with Crippen LogP contribution in [-0.2, 0) is 6.54 Å². The lowest BCUT2D eigenvalue weighted by atomic mass is 10.2. The minimum atomic E-state index is -0.444. The van der Waals surface area contributed by atoms with E-state index in [-0.39, 0.29) is 15.9 Å². The Kier molecular flexibility index (Phi) is 5.18. The number of nitrogens with zero attached hydrogens (tertiary/aromatic N) is 3. The number of pyridine rings is 1. The van der Waals surface area contributed by atoms with Crippen molar-refractivity contribution in [3.8, 4) is 0 Å². The van der Waals surface area contributed by atoms with Gasteiger partial charge in [0.1, 0.15) is 16.7 Å². The van der Waals surface area contributed by atoms with Gasteiger partial charge in [-0.3, -0.25) is 4.79 Å². The molecule has 5 nitrogen and oxygen atoms in total. The summed E-state index contributed by atoms with van der Waals surface area (Å²) in [7, 11) is 0. The summed E-state index contributed by atoms with van der Waals surface area (Å²) in [5.74, 6) is 0.0980. The van der Waals surface area contributed by atoms with Crippen molar-refractivity contribution >= 4 is 50.9 Å². The molecule has 0 aliphatic heterocycles. The van der Waals surface area contributed by atoms with Gasteiger partial charge in [-0.1, -0.05) is 51.3 Å². The van der Waals surface area contributed by atoms with E-state index in [0.29, 0.717) is 12.4 Å². The number of halogens is 3. The predicted octanol–water partition coefficient (Wildman–Crippen LogP) is 4.65. The molecule has 0 unspecified atom stereocenters. The number of hydrogen-bond acceptors (Lipinski definition) is 3. The zero-order valence-corrected chi connectivity index (χ0v) is 15.3. The monoisotopic (exact) mass is 424 g/mol. The van der Waals surface area contributed by atoms with Crippen LogP contribution >= 0.6 is 39.1 Å². The molecule has 122 valence electrons. The second-order valence-corrected chi connectivity index (χ2v) is 6.63. The average Bonchev–Trinajstić information content (AvgIpc) is 2.98. The van der Waals surface area contributed by atoms with Gasteiger partial charge in [0.2, 0.25) is 0 Å². The molecule has 0 saturated carbocycles. The molecule has 0 fully saturated rings. The molecule has 2 heterocycles. The first-order valence-corrected chi connectivity index (χ1v) is 8.47. The first-order valence-electron chi connectivity index (χ1n) is 6.92. The van der Waals surface area contributed by atoms with Gasteiger partial charge < -0.3 is 5.32 Å². The maximum Gasteiger partial charge on any atom is 0.277 e. The summed E-state index contributed by atoms with van der Waals surface area (Å²) in [5, 5.41) is 7.42. The third kappa shape index (κ3) is 3.95. The van der Waals surface area contributed by atoms with E-state index < -0.39 is 5.91 Å². The first-order chi connectivity index (χ1) is 11.5. The Balaban J connectivity index is 1.79. The highest BCUT2D eigenvalue weighted by atomic mass is 79.9. The summed E-state index contributed by atoms with van der Waals surface area (Å²) in [6, 6.07) is 12.6. The number of anilines is 1. The van der Waals surface area contributed by atoms with Crippen molar-refractivity contribution in [1.29, 1.82) is 0 Å². The van der Waals surface area contributed by atoms with Crippen molar-refractivity contribution in [3.63, 3.8) is 0 Å². The van der Waals surface area contributed by atoms with E-state index >= 15 is 0 Å². The van der Waals surface area contributed by atoms with Crippen LogP contribution in [0.4, 0.5) is 5.82 Å². The van der Waals surface area contributed by atoms with Crippen molar-refractivity contribution in [2.45, 2.75) is 6.54 Å². The van der Waals surface area contributed by atoms with Crippen LogP contribution in [0.15, 0.2) is 53.1 Å². The van der Waals surface area contributed by atoms with Crippen molar-refractivity contribution in [2.75, 3.05) is 5.32 Å². The smallest absolute Gasteiger partial charge is 0.277 e. The Hall–Kier alpha value is -1.89. The van der Waals surface area contributed by atoms with Crippen LogP contribution in [0.5, 0.6) is 0 Å². The van der Waals surface area contributed by atoms with E-state index in [9.17, 15) is 4.79 Å². The van der Waals surface area contributed by atoms with E-state index in [1.54, 1.807) is 16.9 Å². The largest absolute Gasteiger partial charge is 0.305 e. The van der Waals surface area contributed by atoms with Crippen LogP contribution in [0, 0.1) is 0 Å². The predicted molar refractivity (Wildman–Crippen MR) is 97.7 cm³/mol. The lowest BCUT2D eigenvalue weighted by molar-refractivity contribution is 0.102. The number of rotatable bonds is 4. The normalized spacial score (nSPS) is 10.6. The van der Waals surface area contributed by atoms with Crippen molar-refractivity contribution in [1.82, 2.24) is 14.8 Å². The van der Waals surface area contributed by atoms with E-state index in [4.69, 9.17) is 23.2 Å². The van der Waals surface area contributed by atoms with E-state index in [2.05, 4.69) is 31.3 Å². The molecule has 0 saturated heterocycles. The summed E-state index contributed by atoms with van der Waals surface area (Å²) in [5.41, 5.74) is 1.12. The molecule has 0 atom stereocenters. The van der Waals surface area contributed by atoms with Crippen LogP contribution in [-0.4, -0.2) is 20.7 Å². The zero-order chi connectivity index (χ0) is 17.1. The molecule has 1 aromatic carbocycles. The van der Waals surface area contributed by atoms with Gasteiger partial charge in [-0.15, -0.1) is 0 Å². The number of hydrogen-bond donors (Lipinski definition) is 1.